The van der Waals surface area contributed by atoms with Crippen molar-refractivity contribution in [3.8, 4) is 5.75 Å². The summed E-state index contributed by atoms with van der Waals surface area (Å²) < 4.78 is 16.4. The Hall–Kier alpha value is -2.84. The molecule has 3 heterocycles. The van der Waals surface area contributed by atoms with Crippen LogP contribution in [-0.2, 0) is 16.1 Å². The van der Waals surface area contributed by atoms with Crippen molar-refractivity contribution in [1.82, 2.24) is 10.2 Å². The highest BCUT2D eigenvalue weighted by molar-refractivity contribution is 5.77. The molecular weight excluding hydrogens is 398 g/mol. The molecule has 8 heteroatoms. The molecule has 0 bridgehead atoms. The second kappa shape index (κ2) is 10.5. The molecule has 1 aromatic carbocycles. The number of hydrogen-bond donors (Lipinski definition) is 1. The van der Waals surface area contributed by atoms with Crippen molar-refractivity contribution < 1.29 is 18.7 Å². The molecule has 2 aliphatic rings. The third-order valence-corrected chi connectivity index (χ3v) is 5.64. The minimum absolute atomic E-state index is 0.0462. The van der Waals surface area contributed by atoms with Crippen LogP contribution in [0, 0.1) is 0 Å². The van der Waals surface area contributed by atoms with Crippen molar-refractivity contribution in [3.63, 3.8) is 0 Å². The molecule has 0 saturated carbocycles. The predicted octanol–water partition coefficient (Wildman–Crippen LogP) is 1.64. The number of nitrogens with one attached hydrogen (secondary N) is 1. The van der Waals surface area contributed by atoms with Crippen LogP contribution in [0.1, 0.15) is 18.6 Å². The summed E-state index contributed by atoms with van der Waals surface area (Å²) in [6, 6.07) is 11.8. The Kier molecular flexibility index (Phi) is 7.22. The number of anilines is 1. The monoisotopic (exact) mass is 427 g/mol. The lowest BCUT2D eigenvalue weighted by molar-refractivity contribution is -0.123. The van der Waals surface area contributed by atoms with Crippen LogP contribution < -0.4 is 20.4 Å². The molecule has 8 nitrogen and oxygen atoms in total. The Labute approximate surface area is 181 Å². The van der Waals surface area contributed by atoms with Crippen molar-refractivity contribution in [3.05, 3.63) is 58.6 Å². The summed E-state index contributed by atoms with van der Waals surface area (Å²) in [6.45, 7) is 5.19. The largest absolute Gasteiger partial charge is 0.477 e. The highest BCUT2D eigenvalue weighted by atomic mass is 16.5. The molecule has 0 radical (unpaired) electrons. The van der Waals surface area contributed by atoms with Crippen molar-refractivity contribution >= 4 is 11.6 Å². The number of para-hydroxylation sites is 1. The second-order valence-corrected chi connectivity index (χ2v) is 7.90. The van der Waals surface area contributed by atoms with Crippen LogP contribution in [-0.4, -0.2) is 62.8 Å². The first-order chi connectivity index (χ1) is 15.2. The first-order valence-corrected chi connectivity index (χ1v) is 10.8. The first-order valence-electron chi connectivity index (χ1n) is 10.8. The zero-order valence-corrected chi connectivity index (χ0v) is 17.6. The van der Waals surface area contributed by atoms with E-state index in [0.29, 0.717) is 18.8 Å². The van der Waals surface area contributed by atoms with Gasteiger partial charge in [-0.3, -0.25) is 14.5 Å². The molecule has 1 atom stereocenters. The van der Waals surface area contributed by atoms with Gasteiger partial charge in [0.25, 0.3) is 5.91 Å². The van der Waals surface area contributed by atoms with E-state index in [4.69, 9.17) is 13.9 Å². The SMILES string of the molecule is O=C(COc1coc(CN2CCN(c3ccccc3)CC2)cc1=O)NC[C@@H]1CCCO1. The standard InChI is InChI=1S/C23H29N3O5/c27-21-13-20(15-25-8-10-26(11-9-25)18-5-2-1-3-6-18)30-16-22(21)31-17-23(28)24-14-19-7-4-12-29-19/h1-3,5-6,13,16,19H,4,7-12,14-15,17H2,(H,24,28)/t19-/m0/s1. The van der Waals surface area contributed by atoms with Crippen LogP contribution >= 0.6 is 0 Å². The third-order valence-electron chi connectivity index (χ3n) is 5.64. The van der Waals surface area contributed by atoms with E-state index in [1.165, 1.54) is 18.0 Å². The van der Waals surface area contributed by atoms with E-state index in [9.17, 15) is 9.59 Å². The topological polar surface area (TPSA) is 84.2 Å². The third kappa shape index (κ3) is 6.08. The van der Waals surface area contributed by atoms with E-state index < -0.39 is 0 Å². The van der Waals surface area contributed by atoms with E-state index in [1.54, 1.807) is 0 Å². The molecule has 0 unspecified atom stereocenters. The minimum atomic E-state index is -0.282. The van der Waals surface area contributed by atoms with Gasteiger partial charge in [-0.15, -0.1) is 0 Å². The van der Waals surface area contributed by atoms with Gasteiger partial charge < -0.3 is 24.1 Å². The quantitative estimate of drug-likeness (QED) is 0.686. The van der Waals surface area contributed by atoms with Crippen molar-refractivity contribution in [1.29, 1.82) is 0 Å². The highest BCUT2D eigenvalue weighted by Gasteiger charge is 2.19. The van der Waals surface area contributed by atoms with Gasteiger partial charge in [-0.05, 0) is 25.0 Å². The first kappa shape index (κ1) is 21.4. The number of carbonyl (C=O) groups excluding carboxylic acids is 1. The number of hydrogen-bond acceptors (Lipinski definition) is 7. The van der Waals surface area contributed by atoms with Gasteiger partial charge in [-0.2, -0.15) is 0 Å². The molecule has 2 fully saturated rings. The van der Waals surface area contributed by atoms with E-state index in [1.807, 2.05) is 18.2 Å². The predicted molar refractivity (Wildman–Crippen MR) is 116 cm³/mol. The fourth-order valence-electron chi connectivity index (χ4n) is 3.88. The molecule has 31 heavy (non-hydrogen) atoms. The number of rotatable bonds is 8. The Morgan fingerprint density at radius 3 is 2.68 bits per heavy atom. The van der Waals surface area contributed by atoms with Crippen LogP contribution in [0.3, 0.4) is 0 Å². The van der Waals surface area contributed by atoms with Crippen LogP contribution in [0.25, 0.3) is 0 Å². The Morgan fingerprint density at radius 2 is 1.97 bits per heavy atom. The van der Waals surface area contributed by atoms with Gasteiger partial charge in [-0.25, -0.2) is 0 Å². The van der Waals surface area contributed by atoms with Gasteiger partial charge in [-0.1, -0.05) is 18.2 Å². The zero-order chi connectivity index (χ0) is 21.5. The van der Waals surface area contributed by atoms with Crippen molar-refractivity contribution in [2.45, 2.75) is 25.5 Å². The number of ether oxygens (including phenoxy) is 2. The maximum atomic E-state index is 12.3. The maximum absolute atomic E-state index is 12.3. The van der Waals surface area contributed by atoms with E-state index in [2.05, 4.69) is 27.2 Å². The second-order valence-electron chi connectivity index (χ2n) is 7.90. The highest BCUT2D eigenvalue weighted by Crippen LogP contribution is 2.17. The Balaban J connectivity index is 1.21. The van der Waals surface area contributed by atoms with Gasteiger partial charge in [0.1, 0.15) is 12.0 Å². The Bertz CT molecular complexity index is 903. The molecule has 2 saturated heterocycles. The lowest BCUT2D eigenvalue weighted by Crippen LogP contribution is -2.46. The lowest BCUT2D eigenvalue weighted by atomic mass is 10.2. The van der Waals surface area contributed by atoms with Gasteiger partial charge >= 0.3 is 0 Å². The van der Waals surface area contributed by atoms with E-state index in [-0.39, 0.29) is 29.8 Å². The number of nitrogens with zero attached hydrogens (tertiary/aromatic N) is 2. The molecule has 1 aromatic heterocycles. The molecule has 2 aliphatic heterocycles. The van der Waals surface area contributed by atoms with Crippen LogP contribution in [0.4, 0.5) is 5.69 Å². The summed E-state index contributed by atoms with van der Waals surface area (Å²) in [5.41, 5.74) is 0.950. The lowest BCUT2D eigenvalue weighted by Gasteiger charge is -2.35. The molecule has 0 aliphatic carbocycles. The summed E-state index contributed by atoms with van der Waals surface area (Å²) in [5.74, 6) is 0.355. The summed E-state index contributed by atoms with van der Waals surface area (Å²) >= 11 is 0. The van der Waals surface area contributed by atoms with Crippen LogP contribution in [0.2, 0.25) is 0 Å². The summed E-state index contributed by atoms with van der Waals surface area (Å²) in [7, 11) is 0. The molecule has 1 amide bonds. The molecular formula is C23H29N3O5. The average molecular weight is 428 g/mol. The number of piperazine rings is 1. The van der Waals surface area contributed by atoms with Gasteiger partial charge in [0, 0.05) is 51.1 Å². The normalized spacial score (nSPS) is 19.4. The van der Waals surface area contributed by atoms with Gasteiger partial charge in [0.2, 0.25) is 11.2 Å². The van der Waals surface area contributed by atoms with Crippen LogP contribution in [0.5, 0.6) is 5.75 Å². The van der Waals surface area contributed by atoms with Gasteiger partial charge in [0.15, 0.2) is 6.61 Å². The number of benzene rings is 1. The molecule has 2 aromatic rings. The van der Waals surface area contributed by atoms with Crippen LogP contribution in [0.15, 0.2) is 51.9 Å². The number of carbonyl (C=O) groups is 1. The fraction of sp³-hybridized carbons (Fsp3) is 0.478. The van der Waals surface area contributed by atoms with E-state index >= 15 is 0 Å². The minimum Gasteiger partial charge on any atom is -0.477 e. The smallest absolute Gasteiger partial charge is 0.258 e. The van der Waals surface area contributed by atoms with E-state index in [0.717, 1.165) is 45.6 Å². The number of amides is 1. The molecule has 166 valence electrons. The van der Waals surface area contributed by atoms with Gasteiger partial charge in [0.05, 0.1) is 12.6 Å². The Morgan fingerprint density at radius 1 is 1.16 bits per heavy atom. The van der Waals surface area contributed by atoms with Crippen molar-refractivity contribution in [2.24, 2.45) is 0 Å². The average Bonchev–Trinajstić information content (AvgIpc) is 3.32. The summed E-state index contributed by atoms with van der Waals surface area (Å²) in [5, 5.41) is 2.76. The molecule has 4 rings (SSSR count). The maximum Gasteiger partial charge on any atom is 0.258 e. The van der Waals surface area contributed by atoms with Crippen molar-refractivity contribution in [2.75, 3.05) is 50.8 Å². The summed E-state index contributed by atoms with van der Waals surface area (Å²) in [6.07, 6.45) is 3.34. The zero-order valence-electron chi connectivity index (χ0n) is 17.6. The fourth-order valence-corrected chi connectivity index (χ4v) is 3.88. The summed E-state index contributed by atoms with van der Waals surface area (Å²) in [4.78, 5) is 28.9. The molecule has 1 N–H and O–H groups in total. The molecule has 0 spiro atoms.